The highest BCUT2D eigenvalue weighted by atomic mass is 35.5. The summed E-state index contributed by atoms with van der Waals surface area (Å²) >= 11 is 6.12. The van der Waals surface area contributed by atoms with Gasteiger partial charge in [0.2, 0.25) is 15.9 Å². The third kappa shape index (κ3) is 4.43. The molecule has 2 aromatic rings. The van der Waals surface area contributed by atoms with Gasteiger partial charge in [0.25, 0.3) is 0 Å². The molecule has 7 nitrogen and oxygen atoms in total. The minimum atomic E-state index is -3.70. The van der Waals surface area contributed by atoms with E-state index in [-0.39, 0.29) is 10.8 Å². The third-order valence-electron chi connectivity index (χ3n) is 5.67. The van der Waals surface area contributed by atoms with Crippen LogP contribution in [-0.2, 0) is 25.0 Å². The summed E-state index contributed by atoms with van der Waals surface area (Å²) in [4.78, 5) is 13.4. The van der Waals surface area contributed by atoms with E-state index >= 15 is 0 Å². The normalized spacial score (nSPS) is 18.4. The van der Waals surface area contributed by atoms with Crippen molar-refractivity contribution in [3.8, 4) is 5.75 Å². The van der Waals surface area contributed by atoms with E-state index < -0.39 is 15.4 Å². The lowest BCUT2D eigenvalue weighted by Crippen LogP contribution is -2.40. The van der Waals surface area contributed by atoms with Gasteiger partial charge in [0.1, 0.15) is 5.75 Å². The smallest absolute Gasteiger partial charge is 0.243 e. The molecule has 1 N–H and O–H groups in total. The van der Waals surface area contributed by atoms with Gasteiger partial charge in [-0.05, 0) is 55.7 Å². The summed E-state index contributed by atoms with van der Waals surface area (Å²) in [6.45, 7) is 3.55. The van der Waals surface area contributed by atoms with Crippen LogP contribution in [-0.4, -0.2) is 51.5 Å². The number of nitrogens with one attached hydrogen (secondary N) is 1. The number of nitrogens with zero attached hydrogens (tertiary/aromatic N) is 1. The number of morpholine rings is 1. The van der Waals surface area contributed by atoms with Crippen LogP contribution in [0.5, 0.6) is 5.75 Å². The first-order chi connectivity index (χ1) is 14.9. The van der Waals surface area contributed by atoms with Crippen molar-refractivity contribution in [2.24, 2.45) is 0 Å². The molecule has 0 aromatic heterocycles. The minimum Gasteiger partial charge on any atom is -0.492 e. The second kappa shape index (κ2) is 8.78. The van der Waals surface area contributed by atoms with Crippen LogP contribution in [0, 0.1) is 0 Å². The first-order valence-corrected chi connectivity index (χ1v) is 12.1. The summed E-state index contributed by atoms with van der Waals surface area (Å²) in [5.74, 6) is 0.232. The number of rotatable bonds is 7. The van der Waals surface area contributed by atoms with Crippen molar-refractivity contribution >= 4 is 33.2 Å². The summed E-state index contributed by atoms with van der Waals surface area (Å²) in [6.07, 6.45) is 1.41. The summed E-state index contributed by atoms with van der Waals surface area (Å²) in [5, 5.41) is 3.49. The van der Waals surface area contributed by atoms with Crippen molar-refractivity contribution in [1.29, 1.82) is 0 Å². The van der Waals surface area contributed by atoms with E-state index in [9.17, 15) is 13.2 Å². The van der Waals surface area contributed by atoms with Gasteiger partial charge in [-0.15, -0.1) is 0 Å². The Kier molecular flexibility index (Phi) is 6.25. The Labute approximate surface area is 187 Å². The molecule has 166 valence electrons. The van der Waals surface area contributed by atoms with Crippen LogP contribution in [0.1, 0.15) is 25.3 Å². The lowest BCUT2D eigenvalue weighted by molar-refractivity contribution is -0.118. The van der Waals surface area contributed by atoms with Gasteiger partial charge >= 0.3 is 0 Å². The van der Waals surface area contributed by atoms with Gasteiger partial charge in [-0.3, -0.25) is 4.79 Å². The summed E-state index contributed by atoms with van der Waals surface area (Å²) in [5.41, 5.74) is 0.537. The van der Waals surface area contributed by atoms with Crippen LogP contribution in [0.4, 0.5) is 5.69 Å². The van der Waals surface area contributed by atoms with Gasteiger partial charge in [0.15, 0.2) is 0 Å². The van der Waals surface area contributed by atoms with E-state index in [1.165, 1.54) is 16.4 Å². The van der Waals surface area contributed by atoms with E-state index in [0.29, 0.717) is 62.2 Å². The molecule has 0 radical (unpaired) electrons. The number of sulfonamides is 1. The number of ether oxygens (including phenoxy) is 2. The fourth-order valence-electron chi connectivity index (χ4n) is 3.78. The number of carbonyl (C=O) groups excluding carboxylic acids is 1. The molecule has 0 atom stereocenters. The molecule has 1 saturated carbocycles. The molecule has 1 amide bonds. The van der Waals surface area contributed by atoms with Crippen molar-refractivity contribution in [3.63, 3.8) is 0 Å². The Bertz CT molecular complexity index is 1080. The van der Waals surface area contributed by atoms with Crippen LogP contribution < -0.4 is 10.1 Å². The molecule has 2 aliphatic rings. The lowest BCUT2D eigenvalue weighted by atomic mass is 9.95. The predicted octanol–water partition coefficient (Wildman–Crippen LogP) is 3.43. The molecular formula is C22H25ClN2O5S. The highest BCUT2D eigenvalue weighted by Gasteiger charge is 2.51. The molecule has 1 aliphatic heterocycles. The summed E-state index contributed by atoms with van der Waals surface area (Å²) < 4.78 is 38.4. The van der Waals surface area contributed by atoms with Crippen LogP contribution in [0.25, 0.3) is 0 Å². The van der Waals surface area contributed by atoms with Gasteiger partial charge in [0, 0.05) is 18.1 Å². The first-order valence-electron chi connectivity index (χ1n) is 10.3. The molecule has 1 aliphatic carbocycles. The van der Waals surface area contributed by atoms with Crippen LogP contribution >= 0.6 is 11.6 Å². The van der Waals surface area contributed by atoms with Crippen molar-refractivity contribution in [2.75, 3.05) is 38.2 Å². The van der Waals surface area contributed by atoms with Gasteiger partial charge < -0.3 is 14.8 Å². The number of hydrogen-bond acceptors (Lipinski definition) is 5. The number of amides is 1. The Balaban J connectivity index is 1.64. The molecule has 1 saturated heterocycles. The summed E-state index contributed by atoms with van der Waals surface area (Å²) in [6, 6.07) is 11.9. The van der Waals surface area contributed by atoms with E-state index in [4.69, 9.17) is 21.1 Å². The zero-order valence-electron chi connectivity index (χ0n) is 17.3. The Morgan fingerprint density at radius 3 is 2.58 bits per heavy atom. The third-order valence-corrected chi connectivity index (χ3v) is 7.80. The minimum absolute atomic E-state index is 0.112. The fourth-order valence-corrected chi connectivity index (χ4v) is 5.41. The zero-order chi connectivity index (χ0) is 22.1. The average Bonchev–Trinajstić information content (AvgIpc) is 3.58. The number of anilines is 1. The molecule has 2 aromatic carbocycles. The Hall–Kier alpha value is -2.13. The largest absolute Gasteiger partial charge is 0.492 e. The van der Waals surface area contributed by atoms with E-state index in [1.54, 1.807) is 18.2 Å². The Morgan fingerprint density at radius 2 is 1.94 bits per heavy atom. The van der Waals surface area contributed by atoms with Crippen molar-refractivity contribution in [2.45, 2.75) is 30.1 Å². The fraction of sp³-hybridized carbons (Fsp3) is 0.409. The maximum atomic E-state index is 13.2. The summed E-state index contributed by atoms with van der Waals surface area (Å²) in [7, 11) is -3.70. The topological polar surface area (TPSA) is 84.9 Å². The molecule has 0 spiro atoms. The number of halogens is 1. The average molecular weight is 465 g/mol. The van der Waals surface area contributed by atoms with Crippen LogP contribution in [0.3, 0.4) is 0 Å². The molecule has 0 unspecified atom stereocenters. The van der Waals surface area contributed by atoms with Crippen LogP contribution in [0.2, 0.25) is 5.02 Å². The highest BCUT2D eigenvalue weighted by Crippen LogP contribution is 2.49. The van der Waals surface area contributed by atoms with Crippen LogP contribution in [0.15, 0.2) is 47.4 Å². The predicted molar refractivity (Wildman–Crippen MR) is 118 cm³/mol. The quantitative estimate of drug-likeness (QED) is 0.678. The van der Waals surface area contributed by atoms with E-state index in [1.807, 2.05) is 19.1 Å². The first kappa shape index (κ1) is 22.1. The number of benzene rings is 2. The second-order valence-corrected chi connectivity index (χ2v) is 10.0. The van der Waals surface area contributed by atoms with Gasteiger partial charge in [-0.2, -0.15) is 4.31 Å². The van der Waals surface area contributed by atoms with E-state index in [2.05, 4.69) is 5.32 Å². The monoisotopic (exact) mass is 464 g/mol. The SMILES string of the molecule is CCOc1ccc(S(=O)(=O)N2CCOCC2)cc1NC(=O)C1(c2cccc(Cl)c2)CC1. The van der Waals surface area contributed by atoms with E-state index in [0.717, 1.165) is 5.56 Å². The molecule has 4 rings (SSSR count). The lowest BCUT2D eigenvalue weighted by Gasteiger charge is -2.26. The van der Waals surface area contributed by atoms with Gasteiger partial charge in [-0.1, -0.05) is 23.7 Å². The molecule has 2 fully saturated rings. The second-order valence-electron chi connectivity index (χ2n) is 7.65. The van der Waals surface area contributed by atoms with Crippen molar-refractivity contribution in [1.82, 2.24) is 4.31 Å². The molecule has 31 heavy (non-hydrogen) atoms. The maximum absolute atomic E-state index is 13.2. The van der Waals surface area contributed by atoms with Crippen molar-refractivity contribution in [3.05, 3.63) is 53.1 Å². The molecular weight excluding hydrogens is 440 g/mol. The standard InChI is InChI=1S/C22H25ClN2O5S/c1-2-30-20-7-6-18(31(27,28)25-10-12-29-13-11-25)15-19(20)24-21(26)22(8-9-22)16-4-3-5-17(23)14-16/h3-7,14-15H,2,8-13H2,1H3,(H,24,26). The van der Waals surface area contributed by atoms with Crippen molar-refractivity contribution < 1.29 is 22.7 Å². The van der Waals surface area contributed by atoms with Gasteiger partial charge in [0.05, 0.1) is 35.8 Å². The van der Waals surface area contributed by atoms with Gasteiger partial charge in [-0.25, -0.2) is 8.42 Å². The molecule has 0 bridgehead atoms. The zero-order valence-corrected chi connectivity index (χ0v) is 18.8. The number of hydrogen-bond donors (Lipinski definition) is 1. The number of carbonyl (C=O) groups is 1. The maximum Gasteiger partial charge on any atom is 0.243 e. The molecule has 9 heteroatoms. The Morgan fingerprint density at radius 1 is 1.19 bits per heavy atom. The highest BCUT2D eigenvalue weighted by molar-refractivity contribution is 7.89. The molecule has 1 heterocycles.